The molecule has 34 heavy (non-hydrogen) atoms. The number of aryl methyl sites for hydroxylation is 1. The number of ether oxygens (including phenoxy) is 1. The van der Waals surface area contributed by atoms with Crippen molar-refractivity contribution in [2.45, 2.75) is 64.6 Å². The van der Waals surface area contributed by atoms with Crippen LogP contribution in [0.1, 0.15) is 59.3 Å². The third-order valence-electron chi connectivity index (χ3n) is 5.93. The number of nitrogens with zero attached hydrogens (tertiary/aromatic N) is 3. The van der Waals surface area contributed by atoms with Gasteiger partial charge in [0, 0.05) is 27.2 Å². The van der Waals surface area contributed by atoms with Crippen LogP contribution in [-0.4, -0.2) is 39.5 Å². The molecule has 1 amide bonds. The molecule has 3 heterocycles. The van der Waals surface area contributed by atoms with Crippen molar-refractivity contribution < 1.29 is 14.3 Å². The number of aromatic nitrogens is 3. The van der Waals surface area contributed by atoms with E-state index in [9.17, 15) is 9.59 Å². The fourth-order valence-corrected chi connectivity index (χ4v) is 7.41. The minimum absolute atomic E-state index is 0.172. The first kappa shape index (κ1) is 24.9. The van der Waals surface area contributed by atoms with Crippen LogP contribution in [0.2, 0.25) is 0 Å². The molecule has 1 N–H and O–H groups in total. The van der Waals surface area contributed by atoms with Gasteiger partial charge in [0.1, 0.15) is 5.00 Å². The lowest BCUT2D eigenvalue weighted by Gasteiger charge is -2.18. The van der Waals surface area contributed by atoms with E-state index in [2.05, 4.69) is 47.7 Å². The number of thiophene rings is 2. The summed E-state index contributed by atoms with van der Waals surface area (Å²) in [5.41, 5.74) is 2.62. The van der Waals surface area contributed by atoms with Gasteiger partial charge in [0.05, 0.1) is 18.4 Å². The van der Waals surface area contributed by atoms with Crippen LogP contribution in [0.4, 0.5) is 5.00 Å². The lowest BCUT2D eigenvalue weighted by atomic mass is 9.88. The molecule has 0 aromatic carbocycles. The predicted molar refractivity (Wildman–Crippen MR) is 139 cm³/mol. The van der Waals surface area contributed by atoms with Gasteiger partial charge in [0.15, 0.2) is 11.0 Å². The Labute approximate surface area is 212 Å². The molecule has 3 aromatic heterocycles. The monoisotopic (exact) mass is 518 g/mol. The molecule has 1 unspecified atom stereocenters. The van der Waals surface area contributed by atoms with Crippen molar-refractivity contribution in [1.82, 2.24) is 14.8 Å². The highest BCUT2D eigenvalue weighted by molar-refractivity contribution is 7.99. The Balaban J connectivity index is 1.47. The summed E-state index contributed by atoms with van der Waals surface area (Å²) in [5.74, 6) is 1.03. The summed E-state index contributed by atoms with van der Waals surface area (Å²) >= 11 is 4.60. The standard InChI is InChI=1S/C24H30N4O3S3/c1-5-7-16-11-15(12-32-16)21-26-27-24(28(21)6-2)33-13-19(29)25-22-20(23(30)31-4)17-9-8-14(3)10-18(17)34-22/h11-12,14H,5-10,13H2,1-4H3,(H,25,29). The first-order valence-corrected chi connectivity index (χ1v) is 14.3. The number of fused-ring (bicyclic) bond motifs is 1. The molecule has 0 radical (unpaired) electrons. The number of hydrogen-bond acceptors (Lipinski definition) is 8. The van der Waals surface area contributed by atoms with E-state index in [0.717, 1.165) is 49.1 Å². The molecule has 0 aliphatic heterocycles. The summed E-state index contributed by atoms with van der Waals surface area (Å²) in [6.45, 7) is 7.16. The van der Waals surface area contributed by atoms with E-state index in [-0.39, 0.29) is 17.6 Å². The zero-order valence-electron chi connectivity index (χ0n) is 20.0. The van der Waals surface area contributed by atoms with Gasteiger partial charge in [0.2, 0.25) is 5.91 Å². The molecule has 7 nitrogen and oxygen atoms in total. The number of anilines is 1. The Morgan fingerprint density at radius 2 is 2.15 bits per heavy atom. The molecular formula is C24H30N4O3S3. The molecule has 0 saturated carbocycles. The van der Waals surface area contributed by atoms with Crippen molar-refractivity contribution in [2.24, 2.45) is 5.92 Å². The van der Waals surface area contributed by atoms with Gasteiger partial charge in [-0.15, -0.1) is 32.9 Å². The molecule has 0 saturated heterocycles. The average molecular weight is 519 g/mol. The molecule has 1 aliphatic rings. The Morgan fingerprint density at radius 3 is 2.88 bits per heavy atom. The van der Waals surface area contributed by atoms with Crippen molar-refractivity contribution >= 4 is 51.3 Å². The van der Waals surface area contributed by atoms with E-state index in [1.165, 1.54) is 40.0 Å². The van der Waals surface area contributed by atoms with Gasteiger partial charge in [0.25, 0.3) is 0 Å². The number of hydrogen-bond donors (Lipinski definition) is 1. The van der Waals surface area contributed by atoms with Crippen molar-refractivity contribution in [3.63, 3.8) is 0 Å². The summed E-state index contributed by atoms with van der Waals surface area (Å²) < 4.78 is 7.06. The second-order valence-electron chi connectivity index (χ2n) is 8.49. The SMILES string of the molecule is CCCc1cc(-c2nnc(SCC(=O)Nc3sc4c(c3C(=O)OC)CCC(C)C4)n2CC)cs1. The highest BCUT2D eigenvalue weighted by Gasteiger charge is 2.29. The lowest BCUT2D eigenvalue weighted by molar-refractivity contribution is -0.113. The molecule has 1 aliphatic carbocycles. The Bertz CT molecular complexity index is 1180. The van der Waals surface area contributed by atoms with Crippen LogP contribution in [-0.2, 0) is 35.3 Å². The summed E-state index contributed by atoms with van der Waals surface area (Å²) in [7, 11) is 1.38. The van der Waals surface area contributed by atoms with Crippen LogP contribution in [0.3, 0.4) is 0 Å². The van der Waals surface area contributed by atoms with E-state index in [1.54, 1.807) is 11.3 Å². The van der Waals surface area contributed by atoms with Crippen molar-refractivity contribution in [1.29, 1.82) is 0 Å². The van der Waals surface area contributed by atoms with Gasteiger partial charge in [-0.05, 0) is 50.2 Å². The number of carbonyl (C=O) groups excluding carboxylic acids is 2. The van der Waals surface area contributed by atoms with Crippen molar-refractivity contribution in [3.8, 4) is 11.4 Å². The van der Waals surface area contributed by atoms with Gasteiger partial charge < -0.3 is 14.6 Å². The van der Waals surface area contributed by atoms with Gasteiger partial charge in [-0.25, -0.2) is 4.79 Å². The smallest absolute Gasteiger partial charge is 0.341 e. The molecule has 3 aromatic rings. The van der Waals surface area contributed by atoms with Crippen LogP contribution < -0.4 is 5.32 Å². The third-order valence-corrected chi connectivity index (χ3v) is 9.06. The van der Waals surface area contributed by atoms with Crippen LogP contribution in [0.15, 0.2) is 16.6 Å². The van der Waals surface area contributed by atoms with Crippen LogP contribution in [0.5, 0.6) is 0 Å². The summed E-state index contributed by atoms with van der Waals surface area (Å²) in [5, 5.41) is 15.1. The molecule has 4 rings (SSSR count). The van der Waals surface area contributed by atoms with E-state index >= 15 is 0 Å². The lowest BCUT2D eigenvalue weighted by Crippen LogP contribution is -2.17. The quantitative estimate of drug-likeness (QED) is 0.290. The first-order chi connectivity index (χ1) is 16.4. The molecule has 182 valence electrons. The fraction of sp³-hybridized carbons (Fsp3) is 0.500. The Kier molecular flexibility index (Phi) is 8.10. The molecular weight excluding hydrogens is 488 g/mol. The molecule has 0 spiro atoms. The normalized spacial score (nSPS) is 15.2. The maximum atomic E-state index is 12.8. The van der Waals surface area contributed by atoms with Gasteiger partial charge in [-0.1, -0.05) is 32.0 Å². The van der Waals surface area contributed by atoms with Crippen LogP contribution >= 0.6 is 34.4 Å². The largest absolute Gasteiger partial charge is 0.465 e. The average Bonchev–Trinajstić information content (AvgIpc) is 3.53. The minimum Gasteiger partial charge on any atom is -0.465 e. The highest BCUT2D eigenvalue weighted by Crippen LogP contribution is 2.40. The number of rotatable bonds is 9. The second-order valence-corrected chi connectivity index (χ2v) is 11.5. The Hall–Kier alpha value is -2.17. The van der Waals surface area contributed by atoms with Gasteiger partial charge in [-0.3, -0.25) is 4.79 Å². The fourth-order valence-electron chi connectivity index (χ4n) is 4.22. The molecule has 0 bridgehead atoms. The minimum atomic E-state index is -0.386. The maximum absolute atomic E-state index is 12.8. The summed E-state index contributed by atoms with van der Waals surface area (Å²) in [4.78, 5) is 27.8. The number of thioether (sulfide) groups is 1. The van der Waals surface area contributed by atoms with E-state index in [4.69, 9.17) is 4.74 Å². The maximum Gasteiger partial charge on any atom is 0.341 e. The van der Waals surface area contributed by atoms with Gasteiger partial charge in [-0.2, -0.15) is 0 Å². The topological polar surface area (TPSA) is 86.1 Å². The predicted octanol–water partition coefficient (Wildman–Crippen LogP) is 5.68. The van der Waals surface area contributed by atoms with Crippen LogP contribution in [0.25, 0.3) is 11.4 Å². The summed E-state index contributed by atoms with van der Waals surface area (Å²) in [6.07, 6.45) is 4.98. The zero-order valence-corrected chi connectivity index (χ0v) is 22.4. The molecule has 0 fully saturated rings. The van der Waals surface area contributed by atoms with Crippen molar-refractivity contribution in [3.05, 3.63) is 32.3 Å². The zero-order chi connectivity index (χ0) is 24.2. The van der Waals surface area contributed by atoms with E-state index < -0.39 is 0 Å². The number of esters is 1. The summed E-state index contributed by atoms with van der Waals surface area (Å²) in [6, 6.07) is 2.18. The van der Waals surface area contributed by atoms with Crippen molar-refractivity contribution in [2.75, 3.05) is 18.2 Å². The highest BCUT2D eigenvalue weighted by atomic mass is 32.2. The number of amides is 1. The third kappa shape index (κ3) is 5.23. The van der Waals surface area contributed by atoms with Gasteiger partial charge >= 0.3 is 5.97 Å². The molecule has 1 atom stereocenters. The van der Waals surface area contributed by atoms with E-state index in [1.807, 2.05) is 4.57 Å². The first-order valence-electron chi connectivity index (χ1n) is 11.6. The van der Waals surface area contributed by atoms with Crippen LogP contribution in [0, 0.1) is 5.92 Å². The number of nitrogens with one attached hydrogen (secondary N) is 1. The van der Waals surface area contributed by atoms with E-state index in [0.29, 0.717) is 28.2 Å². The Morgan fingerprint density at radius 1 is 1.32 bits per heavy atom. The number of methoxy groups -OCH3 is 1. The second kappa shape index (κ2) is 11.0. The molecule has 10 heteroatoms. The number of carbonyl (C=O) groups is 2.